The lowest BCUT2D eigenvalue weighted by Crippen LogP contribution is -2.32. The Morgan fingerprint density at radius 2 is 1.79 bits per heavy atom. The zero-order valence-electron chi connectivity index (χ0n) is 15.5. The molecule has 0 radical (unpaired) electrons. The molecule has 1 aliphatic rings. The minimum absolute atomic E-state index is 0.871. The fourth-order valence-electron chi connectivity index (χ4n) is 3.45. The van der Waals surface area contributed by atoms with E-state index >= 15 is 0 Å². The third-order valence-electron chi connectivity index (χ3n) is 5.26. The van der Waals surface area contributed by atoms with Crippen LogP contribution in [0.5, 0.6) is 0 Å². The highest BCUT2D eigenvalue weighted by Crippen LogP contribution is 2.27. The largest absolute Gasteiger partial charge is 0.371 e. The highest BCUT2D eigenvalue weighted by Gasteiger charge is 2.16. The molecule has 0 bridgehead atoms. The van der Waals surface area contributed by atoms with Gasteiger partial charge in [0.2, 0.25) is 0 Å². The second-order valence-electron chi connectivity index (χ2n) is 7.41. The third kappa shape index (κ3) is 3.90. The van der Waals surface area contributed by atoms with Gasteiger partial charge in [-0.15, -0.1) is 0 Å². The zero-order chi connectivity index (χ0) is 17.1. The standard InChI is InChI=1S/C23H29N/c1-17-10-12-24(13-11-17)23-7-5-6-21(16-23)20(4)15-22-14-18(2)8-9-19(22)3/h5-9,14-17H,10-13H2,1-4H3/b20-15+. The van der Waals surface area contributed by atoms with E-state index in [2.05, 4.69) is 81.1 Å². The second-order valence-corrected chi connectivity index (χ2v) is 7.41. The van der Waals surface area contributed by atoms with Crippen LogP contribution in [-0.2, 0) is 0 Å². The summed E-state index contributed by atoms with van der Waals surface area (Å²) in [6, 6.07) is 15.7. The van der Waals surface area contributed by atoms with Crippen LogP contribution in [0.25, 0.3) is 11.6 Å². The summed E-state index contributed by atoms with van der Waals surface area (Å²) in [4.78, 5) is 2.54. The number of piperidine rings is 1. The summed E-state index contributed by atoms with van der Waals surface area (Å²) in [5, 5.41) is 0. The van der Waals surface area contributed by atoms with Crippen molar-refractivity contribution in [3.63, 3.8) is 0 Å². The first-order chi connectivity index (χ1) is 11.5. The maximum atomic E-state index is 2.54. The van der Waals surface area contributed by atoms with Crippen molar-refractivity contribution in [2.75, 3.05) is 18.0 Å². The van der Waals surface area contributed by atoms with Crippen LogP contribution in [0, 0.1) is 19.8 Å². The van der Waals surface area contributed by atoms with Crippen molar-refractivity contribution in [1.29, 1.82) is 0 Å². The van der Waals surface area contributed by atoms with E-state index < -0.39 is 0 Å². The second kappa shape index (κ2) is 7.25. The number of anilines is 1. The molecular weight excluding hydrogens is 290 g/mol. The predicted molar refractivity (Wildman–Crippen MR) is 107 cm³/mol. The SMILES string of the molecule is C/C(=C\c1cc(C)ccc1C)c1cccc(N2CCC(C)CC2)c1. The van der Waals surface area contributed by atoms with Crippen molar-refractivity contribution in [3.05, 3.63) is 64.7 Å². The van der Waals surface area contributed by atoms with E-state index in [1.165, 1.54) is 59.4 Å². The molecule has 0 unspecified atom stereocenters. The first-order valence-corrected chi connectivity index (χ1v) is 9.14. The summed E-state index contributed by atoms with van der Waals surface area (Å²) >= 11 is 0. The molecule has 1 fully saturated rings. The summed E-state index contributed by atoms with van der Waals surface area (Å²) in [6.45, 7) is 11.3. The van der Waals surface area contributed by atoms with E-state index in [0.717, 1.165) is 5.92 Å². The zero-order valence-corrected chi connectivity index (χ0v) is 15.5. The molecule has 2 aromatic carbocycles. The summed E-state index contributed by atoms with van der Waals surface area (Å²) in [5.74, 6) is 0.871. The molecule has 0 aliphatic carbocycles. The Hall–Kier alpha value is -2.02. The average Bonchev–Trinajstić information content (AvgIpc) is 2.59. The van der Waals surface area contributed by atoms with Crippen molar-refractivity contribution in [1.82, 2.24) is 0 Å². The highest BCUT2D eigenvalue weighted by molar-refractivity contribution is 5.82. The Bertz CT molecular complexity index is 733. The Labute approximate surface area is 147 Å². The van der Waals surface area contributed by atoms with E-state index in [9.17, 15) is 0 Å². The van der Waals surface area contributed by atoms with Crippen LogP contribution in [-0.4, -0.2) is 13.1 Å². The molecule has 24 heavy (non-hydrogen) atoms. The summed E-state index contributed by atoms with van der Waals surface area (Å²) in [5.41, 5.74) is 8.00. The molecule has 1 nitrogen and oxygen atoms in total. The number of rotatable bonds is 3. The van der Waals surface area contributed by atoms with Gasteiger partial charge in [0, 0.05) is 18.8 Å². The van der Waals surface area contributed by atoms with Gasteiger partial charge in [0.1, 0.15) is 0 Å². The van der Waals surface area contributed by atoms with Crippen LogP contribution in [0.15, 0.2) is 42.5 Å². The quantitative estimate of drug-likeness (QED) is 0.618. The number of hydrogen-bond donors (Lipinski definition) is 0. The topological polar surface area (TPSA) is 3.24 Å². The maximum absolute atomic E-state index is 2.54. The minimum atomic E-state index is 0.871. The predicted octanol–water partition coefficient (Wildman–Crippen LogP) is 6.10. The number of aryl methyl sites for hydroxylation is 2. The number of hydrogen-bond acceptors (Lipinski definition) is 1. The smallest absolute Gasteiger partial charge is 0.0372 e. The van der Waals surface area contributed by atoms with Crippen LogP contribution in [0.1, 0.15) is 48.9 Å². The lowest BCUT2D eigenvalue weighted by molar-refractivity contribution is 0.438. The Balaban J connectivity index is 1.85. The highest BCUT2D eigenvalue weighted by atomic mass is 15.1. The number of benzene rings is 2. The van der Waals surface area contributed by atoms with E-state index in [-0.39, 0.29) is 0 Å². The van der Waals surface area contributed by atoms with Crippen LogP contribution < -0.4 is 4.90 Å². The fraction of sp³-hybridized carbons (Fsp3) is 0.391. The van der Waals surface area contributed by atoms with Gasteiger partial charge in [0.25, 0.3) is 0 Å². The first-order valence-electron chi connectivity index (χ1n) is 9.14. The summed E-state index contributed by atoms with van der Waals surface area (Å²) < 4.78 is 0. The normalized spacial score (nSPS) is 16.5. The maximum Gasteiger partial charge on any atom is 0.0372 e. The molecule has 3 rings (SSSR count). The van der Waals surface area contributed by atoms with E-state index in [0.29, 0.717) is 0 Å². The van der Waals surface area contributed by atoms with Crippen molar-refractivity contribution in [3.8, 4) is 0 Å². The molecular formula is C23H29N. The average molecular weight is 319 g/mol. The minimum Gasteiger partial charge on any atom is -0.371 e. The molecule has 2 aromatic rings. The lowest BCUT2D eigenvalue weighted by Gasteiger charge is -2.32. The molecule has 0 amide bonds. The van der Waals surface area contributed by atoms with Crippen LogP contribution in [0.4, 0.5) is 5.69 Å². The van der Waals surface area contributed by atoms with Gasteiger partial charge < -0.3 is 4.90 Å². The van der Waals surface area contributed by atoms with Crippen molar-refractivity contribution in [2.45, 2.75) is 40.5 Å². The van der Waals surface area contributed by atoms with E-state index in [1.54, 1.807) is 0 Å². The monoisotopic (exact) mass is 319 g/mol. The van der Waals surface area contributed by atoms with E-state index in [4.69, 9.17) is 0 Å². The lowest BCUT2D eigenvalue weighted by atomic mass is 9.97. The van der Waals surface area contributed by atoms with E-state index in [1.807, 2.05) is 0 Å². The van der Waals surface area contributed by atoms with Gasteiger partial charge in [-0.1, -0.05) is 48.9 Å². The number of nitrogens with zero attached hydrogens (tertiary/aromatic N) is 1. The number of allylic oxidation sites excluding steroid dienone is 1. The molecule has 0 spiro atoms. The van der Waals surface area contributed by atoms with Gasteiger partial charge in [0.05, 0.1) is 0 Å². The summed E-state index contributed by atoms with van der Waals surface area (Å²) in [6.07, 6.45) is 4.93. The van der Waals surface area contributed by atoms with Gasteiger partial charge in [-0.05, 0) is 73.9 Å². The van der Waals surface area contributed by atoms with Crippen molar-refractivity contribution >= 4 is 17.3 Å². The Morgan fingerprint density at radius 3 is 2.54 bits per heavy atom. The van der Waals surface area contributed by atoms with Gasteiger partial charge in [-0.25, -0.2) is 0 Å². The van der Waals surface area contributed by atoms with Gasteiger partial charge in [0.15, 0.2) is 0 Å². The molecule has 0 N–H and O–H groups in total. The van der Waals surface area contributed by atoms with Crippen LogP contribution in [0.3, 0.4) is 0 Å². The molecule has 1 heteroatoms. The first kappa shape index (κ1) is 16.8. The molecule has 126 valence electrons. The Morgan fingerprint density at radius 1 is 1.04 bits per heavy atom. The van der Waals surface area contributed by atoms with Crippen molar-refractivity contribution < 1.29 is 0 Å². The molecule has 0 aromatic heterocycles. The molecule has 1 aliphatic heterocycles. The Kier molecular flexibility index (Phi) is 5.08. The molecule has 0 atom stereocenters. The van der Waals surface area contributed by atoms with Crippen LogP contribution in [0.2, 0.25) is 0 Å². The molecule has 0 saturated carbocycles. The van der Waals surface area contributed by atoms with Gasteiger partial charge in [-0.2, -0.15) is 0 Å². The summed E-state index contributed by atoms with van der Waals surface area (Å²) in [7, 11) is 0. The molecule has 1 saturated heterocycles. The third-order valence-corrected chi connectivity index (χ3v) is 5.26. The fourth-order valence-corrected chi connectivity index (χ4v) is 3.45. The van der Waals surface area contributed by atoms with Crippen molar-refractivity contribution in [2.24, 2.45) is 5.92 Å². The van der Waals surface area contributed by atoms with Gasteiger partial charge >= 0.3 is 0 Å². The molecule has 1 heterocycles. The van der Waals surface area contributed by atoms with Gasteiger partial charge in [-0.3, -0.25) is 0 Å². The van der Waals surface area contributed by atoms with Crippen LogP contribution >= 0.6 is 0 Å².